The van der Waals surface area contributed by atoms with Crippen LogP contribution in [-0.2, 0) is 10.2 Å². The van der Waals surface area contributed by atoms with Crippen LogP contribution in [0.2, 0.25) is 0 Å². The molecule has 19 heavy (non-hydrogen) atoms. The molecule has 1 saturated carbocycles. The van der Waals surface area contributed by atoms with Crippen molar-refractivity contribution in [2.75, 3.05) is 5.73 Å². The largest absolute Gasteiger partial charge is 0.399 e. The minimum absolute atomic E-state index is 0.0497. The number of carbonyl (C=O) groups is 1. The van der Waals surface area contributed by atoms with Gasteiger partial charge < -0.3 is 11.1 Å². The highest BCUT2D eigenvalue weighted by Crippen LogP contribution is 2.48. The first-order valence-electron chi connectivity index (χ1n) is 6.75. The molecule has 100 valence electrons. The third-order valence-corrected chi connectivity index (χ3v) is 3.73. The molecule has 0 spiro atoms. The Morgan fingerprint density at radius 1 is 1.47 bits per heavy atom. The van der Waals surface area contributed by atoms with Gasteiger partial charge >= 0.3 is 0 Å². The predicted octanol–water partition coefficient (Wildman–Crippen LogP) is 2.22. The van der Waals surface area contributed by atoms with E-state index in [2.05, 4.69) is 18.2 Å². The number of benzene rings is 1. The summed E-state index contributed by atoms with van der Waals surface area (Å²) < 4.78 is 0. The SMILES string of the molecule is C#CC(CCC)NC(=O)C1(c2ccc(N)cc2)CC1. The molecule has 1 aliphatic rings. The maximum Gasteiger partial charge on any atom is 0.231 e. The van der Waals surface area contributed by atoms with Crippen molar-refractivity contribution < 1.29 is 4.79 Å². The summed E-state index contributed by atoms with van der Waals surface area (Å²) in [6.07, 6.45) is 8.99. The van der Waals surface area contributed by atoms with Gasteiger partial charge in [0.1, 0.15) is 0 Å². The molecule has 3 N–H and O–H groups in total. The van der Waals surface area contributed by atoms with E-state index >= 15 is 0 Å². The van der Waals surface area contributed by atoms with E-state index in [1.807, 2.05) is 24.3 Å². The van der Waals surface area contributed by atoms with Gasteiger partial charge in [-0.15, -0.1) is 6.42 Å². The van der Waals surface area contributed by atoms with Crippen LogP contribution in [-0.4, -0.2) is 11.9 Å². The topological polar surface area (TPSA) is 55.1 Å². The third kappa shape index (κ3) is 2.73. The molecule has 1 aromatic rings. The first kappa shape index (κ1) is 13.5. The average Bonchev–Trinajstić information content (AvgIpc) is 3.20. The van der Waals surface area contributed by atoms with Gasteiger partial charge in [-0.1, -0.05) is 31.4 Å². The van der Waals surface area contributed by atoms with Crippen LogP contribution in [0.4, 0.5) is 5.69 Å². The van der Waals surface area contributed by atoms with Crippen LogP contribution in [0.3, 0.4) is 0 Å². The van der Waals surface area contributed by atoms with Crippen molar-refractivity contribution in [3.05, 3.63) is 29.8 Å². The number of hydrogen-bond acceptors (Lipinski definition) is 2. The number of nitrogen functional groups attached to an aromatic ring is 1. The van der Waals surface area contributed by atoms with Crippen molar-refractivity contribution in [3.8, 4) is 12.3 Å². The lowest BCUT2D eigenvalue weighted by Gasteiger charge is -2.19. The smallest absolute Gasteiger partial charge is 0.231 e. The molecule has 0 saturated heterocycles. The highest BCUT2D eigenvalue weighted by Gasteiger charge is 2.51. The zero-order valence-electron chi connectivity index (χ0n) is 11.3. The summed E-state index contributed by atoms with van der Waals surface area (Å²) >= 11 is 0. The van der Waals surface area contributed by atoms with Crippen LogP contribution in [0.15, 0.2) is 24.3 Å². The fraction of sp³-hybridized carbons (Fsp3) is 0.438. The molecule has 0 bridgehead atoms. The lowest BCUT2D eigenvalue weighted by Crippen LogP contribution is -2.40. The van der Waals surface area contributed by atoms with Gasteiger partial charge in [-0.2, -0.15) is 0 Å². The summed E-state index contributed by atoms with van der Waals surface area (Å²) in [7, 11) is 0. The van der Waals surface area contributed by atoms with Gasteiger partial charge in [0.05, 0.1) is 11.5 Å². The van der Waals surface area contributed by atoms with Gasteiger partial charge in [-0.25, -0.2) is 0 Å². The normalized spacial score (nSPS) is 17.3. The molecular weight excluding hydrogens is 236 g/mol. The zero-order valence-corrected chi connectivity index (χ0v) is 11.3. The Morgan fingerprint density at radius 3 is 2.58 bits per heavy atom. The van der Waals surface area contributed by atoms with Crippen molar-refractivity contribution in [2.45, 2.75) is 44.1 Å². The van der Waals surface area contributed by atoms with Crippen molar-refractivity contribution in [2.24, 2.45) is 0 Å². The minimum atomic E-state index is -0.378. The molecule has 1 unspecified atom stereocenters. The number of terminal acetylenes is 1. The number of nitrogens with one attached hydrogen (secondary N) is 1. The summed E-state index contributed by atoms with van der Waals surface area (Å²) in [5, 5.41) is 2.98. The van der Waals surface area contributed by atoms with Crippen molar-refractivity contribution in [3.63, 3.8) is 0 Å². The summed E-state index contributed by atoms with van der Waals surface area (Å²) in [4.78, 5) is 12.4. The second-order valence-corrected chi connectivity index (χ2v) is 5.19. The number of carbonyl (C=O) groups excluding carboxylic acids is 1. The van der Waals surface area contributed by atoms with E-state index in [1.54, 1.807) is 0 Å². The maximum atomic E-state index is 12.4. The van der Waals surface area contributed by atoms with E-state index in [9.17, 15) is 4.79 Å². The molecule has 0 aromatic heterocycles. The van der Waals surface area contributed by atoms with Crippen molar-refractivity contribution >= 4 is 11.6 Å². The van der Waals surface area contributed by atoms with E-state index in [4.69, 9.17) is 12.2 Å². The number of amides is 1. The Hall–Kier alpha value is -1.95. The van der Waals surface area contributed by atoms with Crippen LogP contribution in [0.1, 0.15) is 38.2 Å². The van der Waals surface area contributed by atoms with E-state index in [0.29, 0.717) is 5.69 Å². The Kier molecular flexibility index (Phi) is 3.80. The highest BCUT2D eigenvalue weighted by molar-refractivity contribution is 5.91. The molecule has 1 fully saturated rings. The van der Waals surface area contributed by atoms with Crippen LogP contribution in [0.5, 0.6) is 0 Å². The van der Waals surface area contributed by atoms with Gasteiger partial charge in [-0.05, 0) is 37.0 Å². The first-order valence-corrected chi connectivity index (χ1v) is 6.75. The fourth-order valence-electron chi connectivity index (χ4n) is 2.36. The lowest BCUT2D eigenvalue weighted by molar-refractivity contribution is -0.124. The van der Waals surface area contributed by atoms with Crippen molar-refractivity contribution in [1.82, 2.24) is 5.32 Å². The molecule has 0 aliphatic heterocycles. The first-order chi connectivity index (χ1) is 9.12. The van der Waals surface area contributed by atoms with Crippen LogP contribution >= 0.6 is 0 Å². The second-order valence-electron chi connectivity index (χ2n) is 5.19. The Morgan fingerprint density at radius 2 is 2.11 bits per heavy atom. The van der Waals surface area contributed by atoms with Crippen molar-refractivity contribution in [1.29, 1.82) is 0 Å². The van der Waals surface area contributed by atoms with E-state index < -0.39 is 0 Å². The van der Waals surface area contributed by atoms with E-state index in [-0.39, 0.29) is 17.4 Å². The van der Waals surface area contributed by atoms with Gasteiger partial charge in [0.2, 0.25) is 5.91 Å². The Labute approximate surface area is 114 Å². The Bertz CT molecular complexity index is 494. The molecule has 3 heteroatoms. The van der Waals surface area contributed by atoms with Gasteiger partial charge in [0.25, 0.3) is 0 Å². The average molecular weight is 256 g/mol. The van der Waals surface area contributed by atoms with Gasteiger partial charge in [-0.3, -0.25) is 4.79 Å². The molecule has 0 radical (unpaired) electrons. The summed E-state index contributed by atoms with van der Waals surface area (Å²) in [6.45, 7) is 2.06. The van der Waals surface area contributed by atoms with Crippen LogP contribution in [0.25, 0.3) is 0 Å². The second kappa shape index (κ2) is 5.36. The van der Waals surface area contributed by atoms with E-state index in [0.717, 1.165) is 31.2 Å². The molecule has 1 amide bonds. The number of rotatable bonds is 5. The van der Waals surface area contributed by atoms with Gasteiger partial charge in [0, 0.05) is 5.69 Å². The third-order valence-electron chi connectivity index (χ3n) is 3.73. The maximum absolute atomic E-state index is 12.4. The highest BCUT2D eigenvalue weighted by atomic mass is 16.2. The zero-order chi connectivity index (χ0) is 13.9. The molecule has 1 aliphatic carbocycles. The van der Waals surface area contributed by atoms with Gasteiger partial charge in [0.15, 0.2) is 0 Å². The minimum Gasteiger partial charge on any atom is -0.399 e. The number of nitrogens with two attached hydrogens (primary N) is 1. The van der Waals surface area contributed by atoms with Crippen LogP contribution < -0.4 is 11.1 Å². The molecule has 1 aromatic carbocycles. The van der Waals surface area contributed by atoms with Crippen LogP contribution in [0, 0.1) is 12.3 Å². The standard InChI is InChI=1S/C16H20N2O/c1-3-5-14(4-2)18-15(19)16(10-11-16)12-6-8-13(17)9-7-12/h2,6-9,14H,3,5,10-11,17H2,1H3,(H,18,19). The molecule has 0 heterocycles. The summed E-state index contributed by atoms with van der Waals surface area (Å²) in [5.74, 6) is 2.69. The number of hydrogen-bond donors (Lipinski definition) is 2. The predicted molar refractivity (Wildman–Crippen MR) is 77.4 cm³/mol. The quantitative estimate of drug-likeness (QED) is 0.627. The molecule has 3 nitrogen and oxygen atoms in total. The monoisotopic (exact) mass is 256 g/mol. The number of anilines is 1. The fourth-order valence-corrected chi connectivity index (χ4v) is 2.36. The van der Waals surface area contributed by atoms with E-state index in [1.165, 1.54) is 0 Å². The Balaban J connectivity index is 2.10. The lowest BCUT2D eigenvalue weighted by atomic mass is 9.94. The molecule has 2 rings (SSSR count). The molecule has 1 atom stereocenters. The molecular formula is C16H20N2O. The summed E-state index contributed by atoms with van der Waals surface area (Å²) in [5.41, 5.74) is 7.05. The summed E-state index contributed by atoms with van der Waals surface area (Å²) in [6, 6.07) is 7.39.